The molecule has 27 heavy (non-hydrogen) atoms. The molecule has 2 rings (SSSR count). The molecule has 1 heterocycles. The lowest BCUT2D eigenvalue weighted by molar-refractivity contribution is -0.116. The first kappa shape index (κ1) is 20.9. The predicted octanol–water partition coefficient (Wildman–Crippen LogP) is 4.99. The Morgan fingerprint density at radius 3 is 2.48 bits per heavy atom. The fourth-order valence-electron chi connectivity index (χ4n) is 2.80. The molecule has 144 valence electrons. The van der Waals surface area contributed by atoms with Gasteiger partial charge >= 0.3 is 0 Å². The van der Waals surface area contributed by atoms with Crippen LogP contribution in [0.15, 0.2) is 36.5 Å². The molecule has 0 saturated carbocycles. The molecule has 0 fully saturated rings. The highest BCUT2D eigenvalue weighted by Crippen LogP contribution is 2.26. The van der Waals surface area contributed by atoms with Crippen molar-refractivity contribution in [1.82, 2.24) is 9.88 Å². The number of benzene rings is 1. The van der Waals surface area contributed by atoms with E-state index in [9.17, 15) is 9.59 Å². The smallest absolute Gasteiger partial charge is 0.262 e. The fraction of sp³-hybridized carbons (Fsp3) is 0.381. The van der Waals surface area contributed by atoms with Gasteiger partial charge in [-0.1, -0.05) is 37.8 Å². The summed E-state index contributed by atoms with van der Waals surface area (Å²) in [7, 11) is 1.89. The average molecular weight is 388 g/mol. The molecule has 6 heteroatoms. The minimum absolute atomic E-state index is 0.308. The van der Waals surface area contributed by atoms with Crippen molar-refractivity contribution >= 4 is 35.3 Å². The summed E-state index contributed by atoms with van der Waals surface area (Å²) in [6, 6.07) is 9.20. The zero-order valence-electron chi connectivity index (χ0n) is 16.1. The van der Waals surface area contributed by atoms with E-state index in [-0.39, 0.29) is 5.91 Å². The number of nitrogens with zero attached hydrogens (tertiary/aromatic N) is 3. The lowest BCUT2D eigenvalue weighted by Gasteiger charge is -2.22. The van der Waals surface area contributed by atoms with E-state index in [4.69, 9.17) is 11.6 Å². The van der Waals surface area contributed by atoms with Crippen LogP contribution in [-0.2, 0) is 4.79 Å². The highest BCUT2D eigenvalue weighted by atomic mass is 35.5. The predicted molar refractivity (Wildman–Crippen MR) is 110 cm³/mol. The van der Waals surface area contributed by atoms with Crippen molar-refractivity contribution in [3.05, 3.63) is 52.8 Å². The molecule has 0 aliphatic heterocycles. The van der Waals surface area contributed by atoms with Crippen LogP contribution in [0, 0.1) is 6.92 Å². The molecule has 0 radical (unpaired) electrons. The zero-order chi connectivity index (χ0) is 19.8. The van der Waals surface area contributed by atoms with Gasteiger partial charge in [0.25, 0.3) is 5.91 Å². The van der Waals surface area contributed by atoms with Crippen molar-refractivity contribution in [2.45, 2.75) is 39.5 Å². The standard InChI is InChI=1S/C21H26ClN3O2/c1-4-5-6-7-12-25(15-26)21(27)20-13-19(14-23-16(20)2)24(3)18-10-8-17(22)9-11-18/h8-11,13-15H,4-7,12H2,1-3H3. The number of aryl methyl sites for hydroxylation is 1. The van der Waals surface area contributed by atoms with Gasteiger partial charge in [-0.05, 0) is 43.7 Å². The summed E-state index contributed by atoms with van der Waals surface area (Å²) in [6.45, 7) is 4.33. The Morgan fingerprint density at radius 1 is 1.15 bits per heavy atom. The molecule has 0 aliphatic carbocycles. The molecule has 1 aromatic carbocycles. The summed E-state index contributed by atoms with van der Waals surface area (Å²) in [5.41, 5.74) is 2.74. The number of carbonyl (C=O) groups excluding carboxylic acids is 2. The maximum absolute atomic E-state index is 12.8. The summed E-state index contributed by atoms with van der Waals surface area (Å²) < 4.78 is 0. The van der Waals surface area contributed by atoms with Crippen molar-refractivity contribution in [2.75, 3.05) is 18.5 Å². The van der Waals surface area contributed by atoms with E-state index in [1.54, 1.807) is 19.2 Å². The summed E-state index contributed by atoms with van der Waals surface area (Å²) >= 11 is 5.95. The number of unbranched alkanes of at least 4 members (excludes halogenated alkanes) is 3. The van der Waals surface area contributed by atoms with E-state index in [1.165, 1.54) is 4.90 Å². The number of pyridine rings is 1. The first-order valence-corrected chi connectivity index (χ1v) is 9.58. The number of halogens is 1. The van der Waals surface area contributed by atoms with Gasteiger partial charge < -0.3 is 4.90 Å². The minimum Gasteiger partial charge on any atom is -0.343 e. The van der Waals surface area contributed by atoms with Gasteiger partial charge in [-0.2, -0.15) is 0 Å². The first-order chi connectivity index (χ1) is 13.0. The minimum atomic E-state index is -0.308. The highest BCUT2D eigenvalue weighted by Gasteiger charge is 2.19. The third kappa shape index (κ3) is 5.54. The van der Waals surface area contributed by atoms with Crippen molar-refractivity contribution in [3.8, 4) is 0 Å². The number of imide groups is 1. The van der Waals surface area contributed by atoms with Crippen LogP contribution in [0.4, 0.5) is 11.4 Å². The van der Waals surface area contributed by atoms with Gasteiger partial charge in [-0.15, -0.1) is 0 Å². The Kier molecular flexibility index (Phi) is 7.80. The van der Waals surface area contributed by atoms with Crippen molar-refractivity contribution in [2.24, 2.45) is 0 Å². The molecular weight excluding hydrogens is 362 g/mol. The van der Waals surface area contributed by atoms with E-state index in [0.29, 0.717) is 29.2 Å². The van der Waals surface area contributed by atoms with Crippen LogP contribution in [-0.4, -0.2) is 35.8 Å². The lowest BCUT2D eigenvalue weighted by Crippen LogP contribution is -2.31. The molecule has 0 N–H and O–H groups in total. The Hall–Kier alpha value is -2.40. The van der Waals surface area contributed by atoms with Crippen molar-refractivity contribution in [1.29, 1.82) is 0 Å². The zero-order valence-corrected chi connectivity index (χ0v) is 16.9. The molecule has 1 aromatic heterocycles. The summed E-state index contributed by atoms with van der Waals surface area (Å²) in [6.07, 6.45) is 6.36. The molecule has 0 saturated heterocycles. The number of hydrogen-bond donors (Lipinski definition) is 0. The van der Waals surface area contributed by atoms with Crippen LogP contribution < -0.4 is 4.90 Å². The Labute approximate surface area is 166 Å². The SMILES string of the molecule is CCCCCCN(C=O)C(=O)c1cc(N(C)c2ccc(Cl)cc2)cnc1C. The number of aromatic nitrogens is 1. The Balaban J connectivity index is 2.21. The monoisotopic (exact) mass is 387 g/mol. The molecule has 0 unspecified atom stereocenters. The Bertz CT molecular complexity index is 777. The van der Waals surface area contributed by atoms with Gasteiger partial charge in [0.15, 0.2) is 0 Å². The van der Waals surface area contributed by atoms with Gasteiger partial charge in [0.2, 0.25) is 6.41 Å². The van der Waals surface area contributed by atoms with Crippen LogP contribution in [0.5, 0.6) is 0 Å². The van der Waals surface area contributed by atoms with Crippen molar-refractivity contribution in [3.63, 3.8) is 0 Å². The first-order valence-electron chi connectivity index (χ1n) is 9.20. The molecule has 0 bridgehead atoms. The third-order valence-electron chi connectivity index (χ3n) is 4.54. The lowest BCUT2D eigenvalue weighted by atomic mass is 10.1. The van der Waals surface area contributed by atoms with Gasteiger partial charge in [0.1, 0.15) is 0 Å². The summed E-state index contributed by atoms with van der Waals surface area (Å²) in [5, 5.41) is 0.662. The number of rotatable bonds is 9. The Morgan fingerprint density at radius 2 is 1.85 bits per heavy atom. The maximum Gasteiger partial charge on any atom is 0.262 e. The van der Waals surface area contributed by atoms with Gasteiger partial charge in [0.05, 0.1) is 23.1 Å². The largest absolute Gasteiger partial charge is 0.343 e. The molecule has 0 atom stereocenters. The average Bonchev–Trinajstić information content (AvgIpc) is 2.68. The quantitative estimate of drug-likeness (QED) is 0.449. The fourth-order valence-corrected chi connectivity index (χ4v) is 2.93. The maximum atomic E-state index is 12.8. The van der Waals surface area contributed by atoms with E-state index >= 15 is 0 Å². The van der Waals surface area contributed by atoms with Crippen LogP contribution >= 0.6 is 11.6 Å². The van der Waals surface area contributed by atoms with Gasteiger partial charge in [-0.3, -0.25) is 19.5 Å². The van der Waals surface area contributed by atoms with E-state index in [1.807, 2.05) is 36.2 Å². The second kappa shape index (κ2) is 10.1. The topological polar surface area (TPSA) is 53.5 Å². The number of anilines is 2. The van der Waals surface area contributed by atoms with Crippen molar-refractivity contribution < 1.29 is 9.59 Å². The number of carbonyl (C=O) groups is 2. The van der Waals surface area contributed by atoms with Crippen LogP contribution in [0.2, 0.25) is 5.02 Å². The van der Waals surface area contributed by atoms with Gasteiger partial charge in [0, 0.05) is 24.3 Å². The van der Waals surface area contributed by atoms with Crippen LogP contribution in [0.1, 0.15) is 48.7 Å². The van der Waals surface area contributed by atoms with E-state index in [2.05, 4.69) is 11.9 Å². The molecule has 5 nitrogen and oxygen atoms in total. The molecule has 0 aliphatic rings. The summed E-state index contributed by atoms with van der Waals surface area (Å²) in [4.78, 5) is 31.8. The molecule has 0 spiro atoms. The number of amides is 2. The van der Waals surface area contributed by atoms with Gasteiger partial charge in [-0.25, -0.2) is 0 Å². The molecular formula is C21H26ClN3O2. The second-order valence-electron chi connectivity index (χ2n) is 6.53. The normalized spacial score (nSPS) is 10.5. The molecule has 2 amide bonds. The van der Waals surface area contributed by atoms with Crippen LogP contribution in [0.25, 0.3) is 0 Å². The van der Waals surface area contributed by atoms with Crippen LogP contribution in [0.3, 0.4) is 0 Å². The summed E-state index contributed by atoms with van der Waals surface area (Å²) in [5.74, 6) is -0.308. The third-order valence-corrected chi connectivity index (χ3v) is 4.80. The second-order valence-corrected chi connectivity index (χ2v) is 6.96. The van der Waals surface area contributed by atoms with E-state index in [0.717, 1.165) is 37.1 Å². The van der Waals surface area contributed by atoms with E-state index < -0.39 is 0 Å². The number of hydrogen-bond acceptors (Lipinski definition) is 4. The molecule has 2 aromatic rings. The highest BCUT2D eigenvalue weighted by molar-refractivity contribution is 6.30.